The molecular weight excluding hydrogens is 598 g/mol. The Morgan fingerprint density at radius 1 is 0.872 bits per heavy atom. The normalized spacial score (nSPS) is 14.5. The number of fused-ring (bicyclic) bond motifs is 1. The van der Waals surface area contributed by atoms with Crippen molar-refractivity contribution in [2.24, 2.45) is 0 Å². The first-order valence-electron chi connectivity index (χ1n) is 15.4. The number of carboxylic acid groups (broad SMARTS) is 1. The maximum Gasteiger partial charge on any atom is 0.439 e. The summed E-state index contributed by atoms with van der Waals surface area (Å²) in [6, 6.07) is 30.4. The predicted molar refractivity (Wildman–Crippen MR) is 176 cm³/mol. The highest BCUT2D eigenvalue weighted by molar-refractivity contribution is 6.00. The molecule has 0 saturated carbocycles. The molecule has 0 fully saturated rings. The van der Waals surface area contributed by atoms with Gasteiger partial charge in [-0.3, -0.25) is 14.5 Å². The van der Waals surface area contributed by atoms with Gasteiger partial charge in [0.05, 0.1) is 12.1 Å². The number of carboxylic acids is 1. The zero-order valence-corrected chi connectivity index (χ0v) is 26.3. The summed E-state index contributed by atoms with van der Waals surface area (Å²) in [5.41, 5.74) is 4.02. The smallest absolute Gasteiger partial charge is 0.439 e. The summed E-state index contributed by atoms with van der Waals surface area (Å²) < 4.78 is 0. The molecule has 1 aliphatic rings. The van der Waals surface area contributed by atoms with E-state index in [-0.39, 0.29) is 31.0 Å². The largest absolute Gasteiger partial charge is 0.478 e. The molecule has 3 N–H and O–H groups in total. The van der Waals surface area contributed by atoms with Crippen molar-refractivity contribution >= 4 is 29.6 Å². The van der Waals surface area contributed by atoms with Crippen LogP contribution in [0.4, 0.5) is 10.5 Å². The third kappa shape index (κ3) is 8.62. The van der Waals surface area contributed by atoms with Crippen LogP contribution in [0.25, 0.3) is 11.1 Å². The predicted octanol–water partition coefficient (Wildman–Crippen LogP) is 6.04. The van der Waals surface area contributed by atoms with Crippen LogP contribution in [0, 0.1) is 0 Å². The van der Waals surface area contributed by atoms with Crippen molar-refractivity contribution < 1.29 is 34.1 Å². The minimum Gasteiger partial charge on any atom is -0.478 e. The second-order valence-electron chi connectivity index (χ2n) is 12.1. The number of hydrogen-bond donors (Lipinski definition) is 3. The highest BCUT2D eigenvalue weighted by Crippen LogP contribution is 2.30. The second kappa shape index (κ2) is 14.7. The molecule has 1 aliphatic heterocycles. The number of benzene rings is 4. The lowest BCUT2D eigenvalue weighted by molar-refractivity contribution is -0.249. The Kier molecular flexibility index (Phi) is 10.3. The SMILES string of the molecule is CC(C)(CC(=O)N[C@@H]1CCc2ccccc2N(Cc2ccc(-c3ccccc3C(=O)O)cc2)C1=O)NC(=O)OOCc1ccccc1. The van der Waals surface area contributed by atoms with Crippen LogP contribution < -0.4 is 15.5 Å². The van der Waals surface area contributed by atoms with Crippen LogP contribution in [0.1, 0.15) is 53.7 Å². The van der Waals surface area contributed by atoms with Crippen LogP contribution in [-0.4, -0.2) is 40.6 Å². The lowest BCUT2D eigenvalue weighted by Gasteiger charge is -2.28. The summed E-state index contributed by atoms with van der Waals surface area (Å²) >= 11 is 0. The average Bonchev–Trinajstić information content (AvgIpc) is 3.17. The number of hydrogen-bond acceptors (Lipinski definition) is 6. The molecule has 10 heteroatoms. The molecule has 3 amide bonds. The summed E-state index contributed by atoms with van der Waals surface area (Å²) in [5, 5.41) is 15.1. The highest BCUT2D eigenvalue weighted by atomic mass is 17.2. The Hall–Kier alpha value is -5.48. The van der Waals surface area contributed by atoms with Gasteiger partial charge in [0.2, 0.25) is 11.8 Å². The number of aryl methyl sites for hydroxylation is 1. The molecule has 47 heavy (non-hydrogen) atoms. The van der Waals surface area contributed by atoms with Crippen molar-refractivity contribution in [1.29, 1.82) is 0 Å². The van der Waals surface area contributed by atoms with Crippen molar-refractivity contribution in [3.8, 4) is 11.1 Å². The first kappa shape index (κ1) is 32.9. The summed E-state index contributed by atoms with van der Waals surface area (Å²) in [7, 11) is 0. The quantitative estimate of drug-likeness (QED) is 0.135. The van der Waals surface area contributed by atoms with Gasteiger partial charge in [0, 0.05) is 17.6 Å². The van der Waals surface area contributed by atoms with Gasteiger partial charge in [-0.15, -0.1) is 0 Å². The van der Waals surface area contributed by atoms with E-state index in [0.717, 1.165) is 27.9 Å². The number of nitrogens with one attached hydrogen (secondary N) is 2. The monoisotopic (exact) mass is 635 g/mol. The van der Waals surface area contributed by atoms with Crippen LogP contribution in [-0.2, 0) is 38.9 Å². The molecule has 0 bridgehead atoms. The van der Waals surface area contributed by atoms with Gasteiger partial charge >= 0.3 is 12.1 Å². The summed E-state index contributed by atoms with van der Waals surface area (Å²) in [6.45, 7) is 3.70. The van der Waals surface area contributed by atoms with Gasteiger partial charge in [-0.25, -0.2) is 9.59 Å². The molecule has 5 rings (SSSR count). The van der Waals surface area contributed by atoms with E-state index in [1.54, 1.807) is 43.0 Å². The van der Waals surface area contributed by atoms with Crippen molar-refractivity contribution in [2.75, 3.05) is 4.90 Å². The maximum absolute atomic E-state index is 14.0. The molecule has 4 aromatic carbocycles. The zero-order chi connectivity index (χ0) is 33.4. The third-order valence-electron chi connectivity index (χ3n) is 7.89. The standard InChI is InChI=1S/C37H37N3O7/c1-37(2,39-36(45)47-46-24-26-10-4-3-5-11-26)22-33(41)38-31-21-20-28-12-6-9-15-32(28)40(34(31)42)23-25-16-18-27(19-17-25)29-13-7-8-14-30(29)35(43)44/h3-19,31H,20-24H2,1-2H3,(H,38,41)(H,39,45)(H,43,44)/t31-/m1/s1. The lowest BCUT2D eigenvalue weighted by atomic mass is 9.98. The van der Waals surface area contributed by atoms with Gasteiger partial charge in [0.25, 0.3) is 0 Å². The van der Waals surface area contributed by atoms with E-state index in [1.165, 1.54) is 0 Å². The highest BCUT2D eigenvalue weighted by Gasteiger charge is 2.33. The molecule has 10 nitrogen and oxygen atoms in total. The van der Waals surface area contributed by atoms with E-state index < -0.39 is 29.6 Å². The van der Waals surface area contributed by atoms with Crippen LogP contribution in [0.2, 0.25) is 0 Å². The molecule has 242 valence electrons. The minimum atomic E-state index is -1.00. The number of nitrogens with zero attached hydrogens (tertiary/aromatic N) is 1. The number of aromatic carboxylic acids is 1. The van der Waals surface area contributed by atoms with Gasteiger partial charge in [-0.2, -0.15) is 4.89 Å². The zero-order valence-electron chi connectivity index (χ0n) is 26.3. The molecular formula is C37H37N3O7. The van der Waals surface area contributed by atoms with E-state index in [2.05, 4.69) is 10.6 Å². The summed E-state index contributed by atoms with van der Waals surface area (Å²) in [5.74, 6) is -1.65. The Balaban J connectivity index is 1.23. The molecule has 0 spiro atoms. The van der Waals surface area contributed by atoms with Gasteiger partial charge in [-0.05, 0) is 66.6 Å². The average molecular weight is 636 g/mol. The fraction of sp³-hybridized carbons (Fsp3) is 0.243. The topological polar surface area (TPSA) is 134 Å². The molecule has 0 radical (unpaired) electrons. The number of para-hydroxylation sites is 1. The van der Waals surface area contributed by atoms with E-state index >= 15 is 0 Å². The van der Waals surface area contributed by atoms with Crippen molar-refractivity contribution in [3.05, 3.63) is 125 Å². The van der Waals surface area contributed by atoms with Crippen LogP contribution >= 0.6 is 0 Å². The summed E-state index contributed by atoms with van der Waals surface area (Å²) in [4.78, 5) is 62.8. The Morgan fingerprint density at radius 3 is 2.30 bits per heavy atom. The van der Waals surface area contributed by atoms with Crippen molar-refractivity contribution in [1.82, 2.24) is 10.6 Å². The Morgan fingerprint density at radius 2 is 1.55 bits per heavy atom. The van der Waals surface area contributed by atoms with E-state index in [1.807, 2.05) is 78.9 Å². The van der Waals surface area contributed by atoms with E-state index in [4.69, 9.17) is 9.78 Å². The number of amides is 3. The number of carbonyl (C=O) groups excluding carboxylic acids is 3. The molecule has 4 aromatic rings. The second-order valence-corrected chi connectivity index (χ2v) is 12.1. The fourth-order valence-electron chi connectivity index (χ4n) is 5.62. The lowest BCUT2D eigenvalue weighted by Crippen LogP contribution is -2.51. The van der Waals surface area contributed by atoms with E-state index in [9.17, 15) is 24.3 Å². The van der Waals surface area contributed by atoms with E-state index in [0.29, 0.717) is 18.4 Å². The molecule has 0 aromatic heterocycles. The number of anilines is 1. The maximum atomic E-state index is 14.0. The number of rotatable bonds is 11. The minimum absolute atomic E-state index is 0.0840. The van der Waals surface area contributed by atoms with Gasteiger partial charge < -0.3 is 20.6 Å². The molecule has 1 heterocycles. The third-order valence-corrected chi connectivity index (χ3v) is 7.89. The van der Waals surface area contributed by atoms with Crippen molar-refractivity contribution in [2.45, 2.75) is 57.8 Å². The molecule has 1 atom stereocenters. The first-order valence-corrected chi connectivity index (χ1v) is 15.4. The molecule has 0 saturated heterocycles. The fourth-order valence-corrected chi connectivity index (χ4v) is 5.62. The van der Waals surface area contributed by atoms with Crippen molar-refractivity contribution in [3.63, 3.8) is 0 Å². The Labute approximate surface area is 273 Å². The van der Waals surface area contributed by atoms with Gasteiger partial charge in [0.1, 0.15) is 12.6 Å². The van der Waals surface area contributed by atoms with Gasteiger partial charge in [-0.1, -0.05) is 91.0 Å². The molecule has 0 aliphatic carbocycles. The summed E-state index contributed by atoms with van der Waals surface area (Å²) in [6.07, 6.45) is 0.0626. The van der Waals surface area contributed by atoms with Crippen LogP contribution in [0.3, 0.4) is 0 Å². The molecule has 0 unspecified atom stereocenters. The van der Waals surface area contributed by atoms with Crippen LogP contribution in [0.5, 0.6) is 0 Å². The first-order chi connectivity index (χ1) is 22.6. The van der Waals surface area contributed by atoms with Gasteiger partial charge in [0.15, 0.2) is 0 Å². The Bertz CT molecular complexity index is 1740. The van der Waals surface area contributed by atoms with Crippen LogP contribution in [0.15, 0.2) is 103 Å². The number of carbonyl (C=O) groups is 4.